The molecule has 0 aromatic carbocycles. The largest absolute Gasteiger partial charge is 0.394 e. The minimum atomic E-state index is -1.59. The van der Waals surface area contributed by atoms with Crippen LogP contribution in [0.5, 0.6) is 0 Å². The van der Waals surface area contributed by atoms with Crippen LogP contribution in [0.25, 0.3) is 0 Å². The SMILES string of the molecule is CCCCOC1OC(CO)[C@]2(O)C(O)C(O)C12. The molecule has 17 heavy (non-hydrogen) atoms. The van der Waals surface area contributed by atoms with Crippen molar-refractivity contribution in [2.24, 2.45) is 5.92 Å². The van der Waals surface area contributed by atoms with Crippen molar-refractivity contribution >= 4 is 0 Å². The van der Waals surface area contributed by atoms with E-state index in [2.05, 4.69) is 0 Å². The molecule has 0 bridgehead atoms. The van der Waals surface area contributed by atoms with Gasteiger partial charge < -0.3 is 29.9 Å². The summed E-state index contributed by atoms with van der Waals surface area (Å²) in [5, 5.41) is 38.5. The monoisotopic (exact) mass is 248 g/mol. The second kappa shape index (κ2) is 4.79. The molecule has 6 heteroatoms. The van der Waals surface area contributed by atoms with Gasteiger partial charge in [-0.05, 0) is 6.42 Å². The molecule has 1 saturated heterocycles. The zero-order valence-corrected chi connectivity index (χ0v) is 9.82. The summed E-state index contributed by atoms with van der Waals surface area (Å²) in [7, 11) is 0. The van der Waals surface area contributed by atoms with Crippen LogP contribution in [0, 0.1) is 5.92 Å². The summed E-state index contributed by atoms with van der Waals surface area (Å²) in [5.74, 6) is -0.688. The van der Waals surface area contributed by atoms with Crippen molar-refractivity contribution in [2.45, 2.75) is 50.0 Å². The maximum atomic E-state index is 10.2. The summed E-state index contributed by atoms with van der Waals surface area (Å²) >= 11 is 0. The Bertz CT molecular complexity index is 273. The Labute approximate surface area is 99.8 Å². The average Bonchev–Trinajstić information content (AvgIpc) is 2.59. The number of ether oxygens (including phenoxy) is 2. The third-order valence-electron chi connectivity index (χ3n) is 3.75. The second-order valence-corrected chi connectivity index (χ2v) is 4.75. The fourth-order valence-electron chi connectivity index (χ4n) is 2.64. The van der Waals surface area contributed by atoms with Gasteiger partial charge in [-0.3, -0.25) is 0 Å². The van der Waals surface area contributed by atoms with Crippen molar-refractivity contribution in [3.8, 4) is 0 Å². The van der Waals surface area contributed by atoms with Gasteiger partial charge in [-0.2, -0.15) is 0 Å². The second-order valence-electron chi connectivity index (χ2n) is 4.75. The third kappa shape index (κ3) is 1.80. The van der Waals surface area contributed by atoms with E-state index in [1.807, 2.05) is 6.92 Å². The minimum Gasteiger partial charge on any atom is -0.394 e. The van der Waals surface area contributed by atoms with E-state index in [1.54, 1.807) is 0 Å². The quantitative estimate of drug-likeness (QED) is 0.447. The summed E-state index contributed by atoms with van der Waals surface area (Å²) in [6, 6.07) is 0. The van der Waals surface area contributed by atoms with Crippen LogP contribution in [-0.2, 0) is 9.47 Å². The van der Waals surface area contributed by atoms with Crippen LogP contribution >= 0.6 is 0 Å². The molecule has 6 nitrogen and oxygen atoms in total. The van der Waals surface area contributed by atoms with Crippen LogP contribution in [0.4, 0.5) is 0 Å². The van der Waals surface area contributed by atoms with Crippen molar-refractivity contribution in [2.75, 3.05) is 13.2 Å². The molecule has 100 valence electrons. The molecule has 0 radical (unpaired) electrons. The van der Waals surface area contributed by atoms with Crippen molar-refractivity contribution in [3.05, 3.63) is 0 Å². The molecule has 0 amide bonds. The van der Waals surface area contributed by atoms with Crippen LogP contribution in [0.15, 0.2) is 0 Å². The maximum Gasteiger partial charge on any atom is 0.166 e. The van der Waals surface area contributed by atoms with Crippen molar-refractivity contribution in [3.63, 3.8) is 0 Å². The smallest absolute Gasteiger partial charge is 0.166 e. The average molecular weight is 248 g/mol. The summed E-state index contributed by atoms with van der Waals surface area (Å²) in [6.45, 7) is 2.08. The molecule has 1 aliphatic carbocycles. The van der Waals surface area contributed by atoms with Crippen LogP contribution in [0.1, 0.15) is 19.8 Å². The van der Waals surface area contributed by atoms with Gasteiger partial charge in [-0.15, -0.1) is 0 Å². The summed E-state index contributed by atoms with van der Waals surface area (Å²) in [6.07, 6.45) is -2.20. The highest BCUT2D eigenvalue weighted by Crippen LogP contribution is 2.51. The van der Waals surface area contributed by atoms with Crippen LogP contribution in [0.2, 0.25) is 0 Å². The highest BCUT2D eigenvalue weighted by Gasteiger charge is 2.72. The van der Waals surface area contributed by atoms with E-state index in [0.29, 0.717) is 6.61 Å². The van der Waals surface area contributed by atoms with Gasteiger partial charge in [0.1, 0.15) is 17.8 Å². The molecule has 2 fully saturated rings. The van der Waals surface area contributed by atoms with E-state index >= 15 is 0 Å². The lowest BCUT2D eigenvalue weighted by molar-refractivity contribution is -0.269. The van der Waals surface area contributed by atoms with Crippen LogP contribution in [-0.4, -0.2) is 63.8 Å². The fraction of sp³-hybridized carbons (Fsp3) is 1.00. The highest BCUT2D eigenvalue weighted by atomic mass is 16.7. The molecule has 2 aliphatic rings. The zero-order valence-electron chi connectivity index (χ0n) is 9.82. The van der Waals surface area contributed by atoms with Gasteiger partial charge in [0.05, 0.1) is 18.6 Å². The molecule has 1 aliphatic heterocycles. The Balaban J connectivity index is 2.02. The lowest BCUT2D eigenvalue weighted by Crippen LogP contribution is -2.73. The first-order chi connectivity index (χ1) is 8.07. The number of hydrogen-bond acceptors (Lipinski definition) is 6. The van der Waals surface area contributed by atoms with Gasteiger partial charge in [-0.25, -0.2) is 0 Å². The normalized spacial score (nSPS) is 48.9. The minimum absolute atomic E-state index is 0.412. The fourth-order valence-corrected chi connectivity index (χ4v) is 2.64. The first kappa shape index (κ1) is 13.2. The predicted octanol–water partition coefficient (Wildman–Crippen LogP) is -1.40. The van der Waals surface area contributed by atoms with E-state index in [0.717, 1.165) is 12.8 Å². The molecule has 2 rings (SSSR count). The molecule has 0 spiro atoms. The molecule has 4 N–H and O–H groups in total. The predicted molar refractivity (Wildman–Crippen MR) is 57.1 cm³/mol. The molecule has 1 saturated carbocycles. The Morgan fingerprint density at radius 3 is 2.65 bits per heavy atom. The van der Waals surface area contributed by atoms with Gasteiger partial charge in [0.15, 0.2) is 6.29 Å². The van der Waals surface area contributed by atoms with Crippen LogP contribution < -0.4 is 0 Å². The van der Waals surface area contributed by atoms with Gasteiger partial charge in [-0.1, -0.05) is 13.3 Å². The van der Waals surface area contributed by atoms with Gasteiger partial charge >= 0.3 is 0 Å². The first-order valence-electron chi connectivity index (χ1n) is 6.03. The van der Waals surface area contributed by atoms with Gasteiger partial charge in [0, 0.05) is 6.61 Å². The van der Waals surface area contributed by atoms with Crippen LogP contribution in [0.3, 0.4) is 0 Å². The van der Waals surface area contributed by atoms with E-state index in [1.165, 1.54) is 0 Å². The standard InChI is InChI=1S/C11H20O6/c1-2-3-4-16-10-7-8(13)9(14)11(7,15)6(5-12)17-10/h6-10,12-15H,2-5H2,1H3/t6?,7?,8?,9?,10?,11-/m1/s1. The van der Waals surface area contributed by atoms with E-state index < -0.39 is 42.7 Å². The van der Waals surface area contributed by atoms with E-state index in [-0.39, 0.29) is 0 Å². The molecule has 1 heterocycles. The molecular formula is C11H20O6. The zero-order chi connectivity index (χ0) is 12.6. The summed E-state index contributed by atoms with van der Waals surface area (Å²) in [5.41, 5.74) is -1.59. The Morgan fingerprint density at radius 2 is 2.06 bits per heavy atom. The first-order valence-corrected chi connectivity index (χ1v) is 6.03. The van der Waals surface area contributed by atoms with E-state index in [4.69, 9.17) is 14.6 Å². The number of fused-ring (bicyclic) bond motifs is 1. The maximum absolute atomic E-state index is 10.2. The number of aliphatic hydroxyl groups is 4. The molecule has 5 unspecified atom stereocenters. The number of unbranched alkanes of at least 4 members (excludes halogenated alkanes) is 1. The highest BCUT2D eigenvalue weighted by molar-refractivity contribution is 5.18. The topological polar surface area (TPSA) is 99.4 Å². The van der Waals surface area contributed by atoms with Crippen molar-refractivity contribution in [1.82, 2.24) is 0 Å². The van der Waals surface area contributed by atoms with Crippen molar-refractivity contribution < 1.29 is 29.9 Å². The third-order valence-corrected chi connectivity index (χ3v) is 3.75. The number of rotatable bonds is 5. The Kier molecular flexibility index (Phi) is 3.72. The molecule has 6 atom stereocenters. The number of hydrogen-bond donors (Lipinski definition) is 4. The van der Waals surface area contributed by atoms with Gasteiger partial charge in [0.25, 0.3) is 0 Å². The molecule has 0 aromatic heterocycles. The summed E-state index contributed by atoms with van der Waals surface area (Å²) < 4.78 is 10.8. The van der Waals surface area contributed by atoms with E-state index in [9.17, 15) is 15.3 Å². The Morgan fingerprint density at radius 1 is 1.35 bits per heavy atom. The summed E-state index contributed by atoms with van der Waals surface area (Å²) in [4.78, 5) is 0. The lowest BCUT2D eigenvalue weighted by Gasteiger charge is -2.50. The number of aliphatic hydroxyl groups excluding tert-OH is 3. The van der Waals surface area contributed by atoms with Crippen molar-refractivity contribution in [1.29, 1.82) is 0 Å². The molecule has 0 aromatic rings. The molecular weight excluding hydrogens is 228 g/mol. The lowest BCUT2D eigenvalue weighted by atomic mass is 9.63. The van der Waals surface area contributed by atoms with Gasteiger partial charge in [0.2, 0.25) is 0 Å². The Hall–Kier alpha value is -0.240.